The standard InChI is InChI=1S/C20H25NO3S/c1-16-8-10-20(11-9-16)25(22,23)21-14-12-19(13-15-21)24-17(2)18-6-4-3-5-7-18/h3-11,17,19H,12-15H2,1-2H3/t17-/m0/s1. The average molecular weight is 359 g/mol. The molecular formula is C20H25NO3S. The van der Waals surface area contributed by atoms with Gasteiger partial charge in [0, 0.05) is 13.1 Å². The van der Waals surface area contributed by atoms with Gasteiger partial charge in [0.25, 0.3) is 0 Å². The Morgan fingerprint density at radius 2 is 1.60 bits per heavy atom. The van der Waals surface area contributed by atoms with Crippen molar-refractivity contribution < 1.29 is 13.2 Å². The van der Waals surface area contributed by atoms with Crippen LogP contribution in [-0.4, -0.2) is 31.9 Å². The van der Waals surface area contributed by atoms with Crippen LogP contribution in [0.1, 0.15) is 37.0 Å². The Bertz CT molecular complexity index is 779. The third kappa shape index (κ3) is 4.29. The van der Waals surface area contributed by atoms with E-state index in [0.29, 0.717) is 18.0 Å². The molecular weight excluding hydrogens is 334 g/mol. The molecule has 0 radical (unpaired) electrons. The van der Waals surface area contributed by atoms with E-state index in [0.717, 1.165) is 24.0 Å². The molecule has 134 valence electrons. The van der Waals surface area contributed by atoms with Crippen LogP contribution in [0.15, 0.2) is 59.5 Å². The van der Waals surface area contributed by atoms with Crippen molar-refractivity contribution in [2.75, 3.05) is 13.1 Å². The summed E-state index contributed by atoms with van der Waals surface area (Å²) in [6.07, 6.45) is 1.57. The highest BCUT2D eigenvalue weighted by molar-refractivity contribution is 7.89. The Hall–Kier alpha value is -1.69. The highest BCUT2D eigenvalue weighted by atomic mass is 32.2. The van der Waals surface area contributed by atoms with Crippen molar-refractivity contribution in [3.05, 3.63) is 65.7 Å². The molecule has 0 spiro atoms. The molecule has 0 amide bonds. The number of nitrogens with zero attached hydrogens (tertiary/aromatic N) is 1. The van der Waals surface area contributed by atoms with Gasteiger partial charge in [-0.3, -0.25) is 0 Å². The van der Waals surface area contributed by atoms with Gasteiger partial charge in [0.1, 0.15) is 0 Å². The van der Waals surface area contributed by atoms with Gasteiger partial charge in [0.05, 0.1) is 17.1 Å². The van der Waals surface area contributed by atoms with Gasteiger partial charge in [-0.2, -0.15) is 4.31 Å². The summed E-state index contributed by atoms with van der Waals surface area (Å²) in [5.41, 5.74) is 2.21. The lowest BCUT2D eigenvalue weighted by atomic mass is 10.1. The Balaban J connectivity index is 1.59. The van der Waals surface area contributed by atoms with Crippen LogP contribution >= 0.6 is 0 Å². The molecule has 1 fully saturated rings. The fourth-order valence-electron chi connectivity index (χ4n) is 3.16. The predicted molar refractivity (Wildman–Crippen MR) is 98.9 cm³/mol. The van der Waals surface area contributed by atoms with E-state index in [2.05, 4.69) is 12.1 Å². The zero-order chi connectivity index (χ0) is 17.9. The van der Waals surface area contributed by atoms with Gasteiger partial charge < -0.3 is 4.74 Å². The van der Waals surface area contributed by atoms with E-state index in [1.54, 1.807) is 16.4 Å². The Morgan fingerprint density at radius 1 is 1.00 bits per heavy atom. The second-order valence-corrected chi connectivity index (χ2v) is 8.54. The Labute approximate surface area is 150 Å². The van der Waals surface area contributed by atoms with Gasteiger partial charge in [-0.15, -0.1) is 0 Å². The zero-order valence-corrected chi connectivity index (χ0v) is 15.6. The maximum Gasteiger partial charge on any atom is 0.243 e. The first-order chi connectivity index (χ1) is 12.0. The average Bonchev–Trinajstić information content (AvgIpc) is 2.63. The van der Waals surface area contributed by atoms with Crippen molar-refractivity contribution in [2.24, 2.45) is 0 Å². The minimum Gasteiger partial charge on any atom is -0.370 e. The zero-order valence-electron chi connectivity index (χ0n) is 14.8. The first-order valence-electron chi connectivity index (χ1n) is 8.74. The molecule has 0 saturated carbocycles. The fourth-order valence-corrected chi connectivity index (χ4v) is 4.63. The molecule has 1 heterocycles. The molecule has 0 N–H and O–H groups in total. The predicted octanol–water partition coefficient (Wildman–Crippen LogP) is 3.93. The van der Waals surface area contributed by atoms with E-state index in [1.807, 2.05) is 44.2 Å². The van der Waals surface area contributed by atoms with E-state index < -0.39 is 10.0 Å². The third-order valence-electron chi connectivity index (χ3n) is 4.73. The fraction of sp³-hybridized carbons (Fsp3) is 0.400. The highest BCUT2D eigenvalue weighted by Crippen LogP contribution is 2.26. The number of benzene rings is 2. The minimum atomic E-state index is -3.41. The number of aryl methyl sites for hydroxylation is 1. The van der Waals surface area contributed by atoms with Crippen LogP contribution in [0.3, 0.4) is 0 Å². The number of ether oxygens (including phenoxy) is 1. The first kappa shape index (κ1) is 18.1. The normalized spacial score (nSPS) is 18.2. The summed E-state index contributed by atoms with van der Waals surface area (Å²) in [5.74, 6) is 0. The Kier molecular flexibility index (Phi) is 5.57. The van der Waals surface area contributed by atoms with Crippen LogP contribution in [0.25, 0.3) is 0 Å². The summed E-state index contributed by atoms with van der Waals surface area (Å²) >= 11 is 0. The maximum absolute atomic E-state index is 12.7. The van der Waals surface area contributed by atoms with Crippen LogP contribution in [-0.2, 0) is 14.8 Å². The molecule has 1 aliphatic heterocycles. The summed E-state index contributed by atoms with van der Waals surface area (Å²) in [7, 11) is -3.41. The Morgan fingerprint density at radius 3 is 2.20 bits per heavy atom. The molecule has 1 saturated heterocycles. The van der Waals surface area contributed by atoms with Gasteiger partial charge in [-0.05, 0) is 44.4 Å². The molecule has 5 heteroatoms. The molecule has 0 bridgehead atoms. The molecule has 25 heavy (non-hydrogen) atoms. The van der Waals surface area contributed by atoms with Gasteiger partial charge in [0.15, 0.2) is 0 Å². The summed E-state index contributed by atoms with van der Waals surface area (Å²) in [4.78, 5) is 0.370. The molecule has 1 atom stereocenters. The smallest absolute Gasteiger partial charge is 0.243 e. The van der Waals surface area contributed by atoms with Crippen LogP contribution in [0.2, 0.25) is 0 Å². The quantitative estimate of drug-likeness (QED) is 0.813. The summed E-state index contributed by atoms with van der Waals surface area (Å²) < 4.78 is 33.2. The van der Waals surface area contributed by atoms with Gasteiger partial charge in [0.2, 0.25) is 10.0 Å². The monoisotopic (exact) mass is 359 g/mol. The topological polar surface area (TPSA) is 46.6 Å². The van der Waals surface area contributed by atoms with E-state index in [1.165, 1.54) is 0 Å². The first-order valence-corrected chi connectivity index (χ1v) is 10.2. The molecule has 0 unspecified atom stereocenters. The van der Waals surface area contributed by atoms with Crippen LogP contribution < -0.4 is 0 Å². The summed E-state index contributed by atoms with van der Waals surface area (Å²) in [5, 5.41) is 0. The van der Waals surface area contributed by atoms with Crippen molar-refractivity contribution in [1.29, 1.82) is 0 Å². The van der Waals surface area contributed by atoms with Crippen LogP contribution in [0.4, 0.5) is 0 Å². The number of hydrogen-bond acceptors (Lipinski definition) is 3. The van der Waals surface area contributed by atoms with E-state index in [9.17, 15) is 8.42 Å². The summed E-state index contributed by atoms with van der Waals surface area (Å²) in [6.45, 7) is 5.00. The molecule has 3 rings (SSSR count). The molecule has 0 aromatic heterocycles. The van der Waals surface area contributed by atoms with Crippen molar-refractivity contribution in [3.63, 3.8) is 0 Å². The molecule has 1 aliphatic rings. The van der Waals surface area contributed by atoms with E-state index in [-0.39, 0.29) is 12.2 Å². The van der Waals surface area contributed by atoms with Crippen molar-refractivity contribution in [1.82, 2.24) is 4.31 Å². The van der Waals surface area contributed by atoms with E-state index >= 15 is 0 Å². The minimum absolute atomic E-state index is 0.0199. The van der Waals surface area contributed by atoms with Crippen molar-refractivity contribution in [3.8, 4) is 0 Å². The van der Waals surface area contributed by atoms with Crippen LogP contribution in [0.5, 0.6) is 0 Å². The number of rotatable bonds is 5. The van der Waals surface area contributed by atoms with Crippen LogP contribution in [0, 0.1) is 6.92 Å². The number of piperidine rings is 1. The van der Waals surface area contributed by atoms with Gasteiger partial charge >= 0.3 is 0 Å². The lowest BCUT2D eigenvalue weighted by Crippen LogP contribution is -2.41. The maximum atomic E-state index is 12.7. The lowest BCUT2D eigenvalue weighted by Gasteiger charge is -2.32. The number of sulfonamides is 1. The van der Waals surface area contributed by atoms with Gasteiger partial charge in [-0.1, -0.05) is 48.0 Å². The molecule has 4 nitrogen and oxygen atoms in total. The van der Waals surface area contributed by atoms with Crippen molar-refractivity contribution in [2.45, 2.75) is 43.8 Å². The second-order valence-electron chi connectivity index (χ2n) is 6.61. The molecule has 2 aromatic carbocycles. The second kappa shape index (κ2) is 7.68. The van der Waals surface area contributed by atoms with Gasteiger partial charge in [-0.25, -0.2) is 8.42 Å². The molecule has 2 aromatic rings. The molecule has 0 aliphatic carbocycles. The highest BCUT2D eigenvalue weighted by Gasteiger charge is 2.30. The van der Waals surface area contributed by atoms with Crippen molar-refractivity contribution >= 4 is 10.0 Å². The largest absolute Gasteiger partial charge is 0.370 e. The SMILES string of the molecule is Cc1ccc(S(=O)(=O)N2CCC(O[C@@H](C)c3ccccc3)CC2)cc1. The third-order valence-corrected chi connectivity index (χ3v) is 6.64. The number of hydrogen-bond donors (Lipinski definition) is 0. The summed E-state index contributed by atoms with van der Waals surface area (Å²) in [6, 6.07) is 17.2. The lowest BCUT2D eigenvalue weighted by molar-refractivity contribution is -0.0269. The van der Waals surface area contributed by atoms with E-state index in [4.69, 9.17) is 4.74 Å².